The molecule has 1 aromatic carbocycles. The number of hydrogen-bond donors (Lipinski definition) is 1. The van der Waals surface area contributed by atoms with Crippen LogP contribution in [0.1, 0.15) is 31.4 Å². The van der Waals surface area contributed by atoms with E-state index in [1.807, 2.05) is 18.7 Å². The van der Waals surface area contributed by atoms with Crippen molar-refractivity contribution in [3.63, 3.8) is 0 Å². The Morgan fingerprint density at radius 2 is 2.20 bits per heavy atom. The third-order valence-electron chi connectivity index (χ3n) is 4.07. The Kier molecular flexibility index (Phi) is 6.31. The lowest BCUT2D eigenvalue weighted by atomic mass is 9.95. The second-order valence-corrected chi connectivity index (χ2v) is 8.57. The van der Waals surface area contributed by atoms with E-state index in [-0.39, 0.29) is 24.4 Å². The van der Waals surface area contributed by atoms with Gasteiger partial charge in [-0.25, -0.2) is 9.37 Å². The number of aryl methyl sites for hydroxylation is 1. The Morgan fingerprint density at radius 1 is 1.40 bits per heavy atom. The van der Waals surface area contributed by atoms with E-state index < -0.39 is 0 Å². The Labute approximate surface area is 155 Å². The number of aromatic nitrogens is 1. The number of amides is 1. The topological polar surface area (TPSA) is 51.2 Å². The Morgan fingerprint density at radius 3 is 2.88 bits per heavy atom. The van der Waals surface area contributed by atoms with Gasteiger partial charge < -0.3 is 10.1 Å². The van der Waals surface area contributed by atoms with Crippen LogP contribution in [-0.4, -0.2) is 28.8 Å². The van der Waals surface area contributed by atoms with E-state index in [9.17, 15) is 9.18 Å². The molecule has 0 unspecified atom stereocenters. The lowest BCUT2D eigenvalue weighted by Crippen LogP contribution is -2.40. The van der Waals surface area contributed by atoms with Crippen LogP contribution in [0, 0.1) is 12.7 Å². The zero-order chi connectivity index (χ0) is 17.6. The molecule has 1 amide bonds. The number of thioether (sulfide) groups is 1. The minimum absolute atomic E-state index is 0.0868. The summed E-state index contributed by atoms with van der Waals surface area (Å²) in [4.78, 5) is 16.5. The largest absolute Gasteiger partial charge is 0.484 e. The molecule has 4 nitrogen and oxygen atoms in total. The highest BCUT2D eigenvalue weighted by Gasteiger charge is 2.24. The third-order valence-corrected chi connectivity index (χ3v) is 6.50. The number of thiazole rings is 1. The van der Waals surface area contributed by atoms with Gasteiger partial charge in [0.25, 0.3) is 5.91 Å². The SMILES string of the molecule is Cc1csc(SC2CCC(NC(=O)COc3cccc(F)c3)CC2)n1. The molecule has 134 valence electrons. The summed E-state index contributed by atoms with van der Waals surface area (Å²) >= 11 is 3.55. The smallest absolute Gasteiger partial charge is 0.258 e. The average molecular weight is 381 g/mol. The first kappa shape index (κ1) is 18.2. The lowest BCUT2D eigenvalue weighted by molar-refractivity contribution is -0.124. The van der Waals surface area contributed by atoms with Gasteiger partial charge in [0, 0.05) is 28.4 Å². The van der Waals surface area contributed by atoms with Crippen LogP contribution < -0.4 is 10.1 Å². The third kappa shape index (κ3) is 5.71. The summed E-state index contributed by atoms with van der Waals surface area (Å²) in [6, 6.07) is 6.01. The highest BCUT2D eigenvalue weighted by atomic mass is 32.2. The minimum atomic E-state index is -0.371. The van der Waals surface area contributed by atoms with Crippen LogP contribution in [0.4, 0.5) is 4.39 Å². The summed E-state index contributed by atoms with van der Waals surface area (Å²) in [5, 5.41) is 5.66. The Hall–Kier alpha value is -1.60. The van der Waals surface area contributed by atoms with Crippen LogP contribution in [0.5, 0.6) is 5.75 Å². The molecule has 1 aromatic heterocycles. The first-order chi connectivity index (χ1) is 12.1. The van der Waals surface area contributed by atoms with Crippen molar-refractivity contribution in [2.24, 2.45) is 0 Å². The molecule has 0 aliphatic heterocycles. The number of nitrogens with one attached hydrogen (secondary N) is 1. The van der Waals surface area contributed by atoms with Crippen molar-refractivity contribution in [1.82, 2.24) is 10.3 Å². The number of nitrogens with zero attached hydrogens (tertiary/aromatic N) is 1. The fraction of sp³-hybridized carbons (Fsp3) is 0.444. The predicted molar refractivity (Wildman–Crippen MR) is 98.8 cm³/mol. The maximum atomic E-state index is 13.1. The van der Waals surface area contributed by atoms with Gasteiger partial charge in [-0.2, -0.15) is 0 Å². The van der Waals surface area contributed by atoms with E-state index in [4.69, 9.17) is 4.74 Å². The summed E-state index contributed by atoms with van der Waals surface area (Å²) in [6.07, 6.45) is 4.07. The van der Waals surface area contributed by atoms with Gasteiger partial charge in [0.15, 0.2) is 6.61 Å². The fourth-order valence-electron chi connectivity index (χ4n) is 2.83. The van der Waals surface area contributed by atoms with Crippen LogP contribution in [0.3, 0.4) is 0 Å². The van der Waals surface area contributed by atoms with E-state index in [1.165, 1.54) is 12.1 Å². The molecule has 1 heterocycles. The molecule has 0 atom stereocenters. The molecule has 2 aromatic rings. The van der Waals surface area contributed by atoms with Gasteiger partial charge in [-0.05, 0) is 44.7 Å². The second-order valence-electron chi connectivity index (χ2n) is 6.16. The molecule has 1 aliphatic rings. The Balaban J connectivity index is 1.37. The summed E-state index contributed by atoms with van der Waals surface area (Å²) in [5.41, 5.74) is 1.08. The molecule has 0 saturated heterocycles. The van der Waals surface area contributed by atoms with E-state index in [0.717, 1.165) is 35.7 Å². The number of rotatable bonds is 6. The number of carbonyl (C=O) groups excluding carboxylic acids is 1. The first-order valence-corrected chi connectivity index (χ1v) is 10.1. The number of hydrogen-bond acceptors (Lipinski definition) is 5. The van der Waals surface area contributed by atoms with Crippen LogP contribution in [0.2, 0.25) is 0 Å². The van der Waals surface area contributed by atoms with Crippen molar-refractivity contribution in [1.29, 1.82) is 0 Å². The van der Waals surface area contributed by atoms with Gasteiger partial charge in [-0.1, -0.05) is 17.8 Å². The molecule has 1 saturated carbocycles. The predicted octanol–water partition coefficient (Wildman–Crippen LogP) is 4.19. The molecular weight excluding hydrogens is 359 g/mol. The van der Waals surface area contributed by atoms with Crippen LogP contribution in [0.25, 0.3) is 0 Å². The quantitative estimate of drug-likeness (QED) is 0.816. The van der Waals surface area contributed by atoms with Crippen LogP contribution >= 0.6 is 23.1 Å². The highest BCUT2D eigenvalue weighted by Crippen LogP contribution is 2.35. The summed E-state index contributed by atoms with van der Waals surface area (Å²) in [7, 11) is 0. The van der Waals surface area contributed by atoms with E-state index in [2.05, 4.69) is 15.7 Å². The van der Waals surface area contributed by atoms with Gasteiger partial charge in [0.05, 0.1) is 0 Å². The second kappa shape index (κ2) is 8.67. The normalized spacial score (nSPS) is 20.2. The number of carbonyl (C=O) groups is 1. The van der Waals surface area contributed by atoms with Crippen molar-refractivity contribution in [3.05, 3.63) is 41.2 Å². The van der Waals surface area contributed by atoms with Crippen molar-refractivity contribution < 1.29 is 13.9 Å². The maximum Gasteiger partial charge on any atom is 0.258 e. The van der Waals surface area contributed by atoms with Crippen molar-refractivity contribution >= 4 is 29.0 Å². The minimum Gasteiger partial charge on any atom is -0.484 e. The van der Waals surface area contributed by atoms with Gasteiger partial charge in [0.2, 0.25) is 0 Å². The van der Waals surface area contributed by atoms with E-state index >= 15 is 0 Å². The molecular formula is C18H21FN2O2S2. The fourth-order valence-corrected chi connectivity index (χ4v) is 5.11. The maximum absolute atomic E-state index is 13.1. The number of halogens is 1. The van der Waals surface area contributed by atoms with Crippen LogP contribution in [-0.2, 0) is 4.79 Å². The molecule has 1 N–H and O–H groups in total. The zero-order valence-corrected chi connectivity index (χ0v) is 15.7. The molecule has 7 heteroatoms. The van der Waals surface area contributed by atoms with Crippen LogP contribution in [0.15, 0.2) is 34.0 Å². The van der Waals surface area contributed by atoms with Crippen molar-refractivity contribution in [3.8, 4) is 5.75 Å². The van der Waals surface area contributed by atoms with Gasteiger partial charge in [0.1, 0.15) is 15.9 Å². The highest BCUT2D eigenvalue weighted by molar-refractivity contribution is 8.01. The number of benzene rings is 1. The number of ether oxygens (including phenoxy) is 1. The average Bonchev–Trinajstić information content (AvgIpc) is 3.00. The standard InChI is InChI=1S/C18H21FN2O2S2/c1-12-11-24-18(20-12)25-16-7-5-14(6-8-16)21-17(22)10-23-15-4-2-3-13(19)9-15/h2-4,9,11,14,16H,5-8,10H2,1H3,(H,21,22). The summed E-state index contributed by atoms with van der Waals surface area (Å²) in [5.74, 6) is -0.158. The van der Waals surface area contributed by atoms with E-state index in [1.54, 1.807) is 23.5 Å². The molecule has 25 heavy (non-hydrogen) atoms. The molecule has 1 aliphatic carbocycles. The molecule has 0 bridgehead atoms. The van der Waals surface area contributed by atoms with Crippen molar-refractivity contribution in [2.75, 3.05) is 6.61 Å². The molecule has 0 spiro atoms. The first-order valence-electron chi connectivity index (χ1n) is 8.35. The Bertz CT molecular complexity index is 715. The monoisotopic (exact) mass is 380 g/mol. The zero-order valence-electron chi connectivity index (χ0n) is 14.0. The van der Waals surface area contributed by atoms with Gasteiger partial charge >= 0.3 is 0 Å². The molecule has 3 rings (SSSR count). The van der Waals surface area contributed by atoms with E-state index in [0.29, 0.717) is 11.0 Å². The van der Waals surface area contributed by atoms with Gasteiger partial charge in [-0.3, -0.25) is 4.79 Å². The summed E-state index contributed by atoms with van der Waals surface area (Å²) < 4.78 is 19.5. The van der Waals surface area contributed by atoms with Gasteiger partial charge in [-0.15, -0.1) is 11.3 Å². The summed E-state index contributed by atoms with van der Waals surface area (Å²) in [6.45, 7) is 1.93. The van der Waals surface area contributed by atoms with Crippen molar-refractivity contribution in [2.45, 2.75) is 48.2 Å². The molecule has 1 fully saturated rings. The molecule has 0 radical (unpaired) electrons. The lowest BCUT2D eigenvalue weighted by Gasteiger charge is -2.28.